The van der Waals surface area contributed by atoms with Crippen molar-refractivity contribution in [3.05, 3.63) is 47.3 Å². The van der Waals surface area contributed by atoms with Gasteiger partial charge in [0, 0.05) is 19.6 Å². The van der Waals surface area contributed by atoms with Crippen LogP contribution in [0.3, 0.4) is 0 Å². The van der Waals surface area contributed by atoms with Gasteiger partial charge in [0.15, 0.2) is 0 Å². The molecule has 7 heteroatoms. The Bertz CT molecular complexity index is 904. The highest BCUT2D eigenvalue weighted by molar-refractivity contribution is 6.43. The summed E-state index contributed by atoms with van der Waals surface area (Å²) in [4.78, 5) is 39.8. The highest BCUT2D eigenvalue weighted by Gasteiger charge is 2.33. The summed E-state index contributed by atoms with van der Waals surface area (Å²) >= 11 is 0. The number of ketones is 1. The highest BCUT2D eigenvalue weighted by Crippen LogP contribution is 2.22. The SMILES string of the molecule is CCCNC(=O)C1CCCN(C(=O)C(=O)c2c(C)nn(-c3ccccc3)c2C)C1. The van der Waals surface area contributed by atoms with Crippen molar-refractivity contribution in [1.29, 1.82) is 0 Å². The lowest BCUT2D eigenvalue weighted by Gasteiger charge is -2.31. The number of nitrogens with zero attached hydrogens (tertiary/aromatic N) is 3. The minimum absolute atomic E-state index is 0.0407. The van der Waals surface area contributed by atoms with Gasteiger partial charge in [-0.2, -0.15) is 5.10 Å². The molecule has 0 radical (unpaired) electrons. The van der Waals surface area contributed by atoms with Crippen LogP contribution in [0.1, 0.15) is 47.9 Å². The first-order valence-electron chi connectivity index (χ1n) is 10.2. The molecule has 7 nitrogen and oxygen atoms in total. The maximum absolute atomic E-state index is 13.0. The van der Waals surface area contributed by atoms with Crippen molar-refractivity contribution in [3.63, 3.8) is 0 Å². The Balaban J connectivity index is 1.77. The largest absolute Gasteiger partial charge is 0.356 e. The monoisotopic (exact) mass is 396 g/mol. The normalized spacial score (nSPS) is 16.5. The Morgan fingerprint density at radius 1 is 1.17 bits per heavy atom. The second kappa shape index (κ2) is 9.03. The fourth-order valence-electron chi connectivity index (χ4n) is 3.81. The molecule has 3 rings (SSSR count). The average Bonchev–Trinajstić information content (AvgIpc) is 3.05. The maximum Gasteiger partial charge on any atom is 0.295 e. The third-order valence-corrected chi connectivity index (χ3v) is 5.34. The van der Waals surface area contributed by atoms with Crippen LogP contribution in [-0.4, -0.2) is 51.9 Å². The van der Waals surface area contributed by atoms with Crippen molar-refractivity contribution in [2.24, 2.45) is 5.92 Å². The van der Waals surface area contributed by atoms with E-state index in [2.05, 4.69) is 10.4 Å². The van der Waals surface area contributed by atoms with Crippen molar-refractivity contribution < 1.29 is 14.4 Å². The third kappa shape index (κ3) is 4.39. The molecule has 2 amide bonds. The molecule has 2 aromatic rings. The first-order valence-corrected chi connectivity index (χ1v) is 10.2. The van der Waals surface area contributed by atoms with Crippen LogP contribution in [0, 0.1) is 19.8 Å². The van der Waals surface area contributed by atoms with E-state index in [-0.39, 0.29) is 18.4 Å². The molecule has 0 bridgehead atoms. The Labute approximate surface area is 171 Å². The van der Waals surface area contributed by atoms with Gasteiger partial charge in [-0.15, -0.1) is 0 Å². The smallest absolute Gasteiger partial charge is 0.295 e. The molecule has 0 aliphatic carbocycles. The fraction of sp³-hybridized carbons (Fsp3) is 0.455. The molecule has 1 aromatic heterocycles. The summed E-state index contributed by atoms with van der Waals surface area (Å²) in [5, 5.41) is 7.35. The Hall–Kier alpha value is -2.96. The third-order valence-electron chi connectivity index (χ3n) is 5.34. The number of Topliss-reactive ketones (excluding diaryl/α,β-unsaturated/α-hetero) is 1. The number of rotatable bonds is 6. The minimum Gasteiger partial charge on any atom is -0.356 e. The van der Waals surface area contributed by atoms with E-state index in [9.17, 15) is 14.4 Å². The molecule has 154 valence electrons. The molecule has 0 spiro atoms. The zero-order chi connectivity index (χ0) is 21.0. The van der Waals surface area contributed by atoms with E-state index in [1.54, 1.807) is 18.5 Å². The fourth-order valence-corrected chi connectivity index (χ4v) is 3.81. The van der Waals surface area contributed by atoms with E-state index < -0.39 is 11.7 Å². The molecule has 1 N–H and O–H groups in total. The second-order valence-electron chi connectivity index (χ2n) is 7.50. The molecular formula is C22H28N4O3. The quantitative estimate of drug-likeness (QED) is 0.600. The predicted octanol–water partition coefficient (Wildman–Crippen LogP) is 2.44. The number of piperidine rings is 1. The van der Waals surface area contributed by atoms with Crippen LogP contribution in [0.4, 0.5) is 0 Å². The number of hydrogen-bond acceptors (Lipinski definition) is 4. The summed E-state index contributed by atoms with van der Waals surface area (Å²) in [7, 11) is 0. The molecule has 1 fully saturated rings. The zero-order valence-electron chi connectivity index (χ0n) is 17.3. The van der Waals surface area contributed by atoms with Gasteiger partial charge in [0.1, 0.15) is 0 Å². The number of hydrogen-bond donors (Lipinski definition) is 1. The number of para-hydroxylation sites is 1. The topological polar surface area (TPSA) is 84.3 Å². The van der Waals surface area contributed by atoms with Crippen LogP contribution in [-0.2, 0) is 9.59 Å². The Kier molecular flexibility index (Phi) is 6.46. The molecule has 1 atom stereocenters. The van der Waals surface area contributed by atoms with E-state index >= 15 is 0 Å². The molecular weight excluding hydrogens is 368 g/mol. The first-order chi connectivity index (χ1) is 13.9. The number of likely N-dealkylation sites (tertiary alicyclic amines) is 1. The summed E-state index contributed by atoms with van der Waals surface area (Å²) in [6.45, 7) is 6.93. The number of aromatic nitrogens is 2. The number of nitrogens with one attached hydrogen (secondary N) is 1. The lowest BCUT2D eigenvalue weighted by molar-refractivity contribution is -0.132. The van der Waals surface area contributed by atoms with Crippen molar-refractivity contribution in [3.8, 4) is 5.69 Å². The lowest BCUT2D eigenvalue weighted by Crippen LogP contribution is -2.47. The van der Waals surface area contributed by atoms with Gasteiger partial charge in [0.2, 0.25) is 5.91 Å². The summed E-state index contributed by atoms with van der Waals surface area (Å²) < 4.78 is 1.69. The van der Waals surface area contributed by atoms with Gasteiger partial charge in [0.05, 0.1) is 28.6 Å². The molecule has 2 heterocycles. The summed E-state index contributed by atoms with van der Waals surface area (Å²) in [6, 6.07) is 9.51. The summed E-state index contributed by atoms with van der Waals surface area (Å²) in [5.41, 5.74) is 2.35. The molecule has 1 aromatic carbocycles. The van der Waals surface area contributed by atoms with E-state index in [4.69, 9.17) is 0 Å². The number of benzene rings is 1. The molecule has 1 aliphatic heterocycles. The van der Waals surface area contributed by atoms with E-state index in [0.717, 1.165) is 18.5 Å². The van der Waals surface area contributed by atoms with Crippen molar-refractivity contribution >= 4 is 17.6 Å². The van der Waals surface area contributed by atoms with Crippen molar-refractivity contribution in [2.45, 2.75) is 40.0 Å². The number of carbonyl (C=O) groups is 3. The predicted molar refractivity (Wildman–Crippen MR) is 110 cm³/mol. The van der Waals surface area contributed by atoms with Crippen LogP contribution in [0.25, 0.3) is 5.69 Å². The van der Waals surface area contributed by atoms with Crippen molar-refractivity contribution in [1.82, 2.24) is 20.0 Å². The van der Waals surface area contributed by atoms with Gasteiger partial charge in [0.25, 0.3) is 11.7 Å². The van der Waals surface area contributed by atoms with E-state index in [1.807, 2.05) is 37.3 Å². The Morgan fingerprint density at radius 3 is 2.59 bits per heavy atom. The van der Waals surface area contributed by atoms with Crippen molar-refractivity contribution in [2.75, 3.05) is 19.6 Å². The summed E-state index contributed by atoms with van der Waals surface area (Å²) in [6.07, 6.45) is 2.31. The second-order valence-corrected chi connectivity index (χ2v) is 7.50. The van der Waals surface area contributed by atoms with E-state index in [0.29, 0.717) is 36.5 Å². The number of aryl methyl sites for hydroxylation is 1. The van der Waals surface area contributed by atoms with Crippen LogP contribution in [0.2, 0.25) is 0 Å². The van der Waals surface area contributed by atoms with Gasteiger partial charge >= 0.3 is 0 Å². The van der Waals surface area contributed by atoms with Crippen LogP contribution in [0.15, 0.2) is 30.3 Å². The van der Waals surface area contributed by atoms with Gasteiger partial charge in [-0.1, -0.05) is 25.1 Å². The molecule has 1 saturated heterocycles. The Morgan fingerprint density at radius 2 is 1.90 bits per heavy atom. The van der Waals surface area contributed by atoms with Gasteiger partial charge < -0.3 is 10.2 Å². The van der Waals surface area contributed by atoms with E-state index in [1.165, 1.54) is 4.90 Å². The van der Waals surface area contributed by atoms with Crippen LogP contribution < -0.4 is 5.32 Å². The minimum atomic E-state index is -0.559. The highest BCUT2D eigenvalue weighted by atomic mass is 16.2. The molecule has 1 aliphatic rings. The molecule has 1 unspecified atom stereocenters. The van der Waals surface area contributed by atoms with Crippen LogP contribution >= 0.6 is 0 Å². The summed E-state index contributed by atoms with van der Waals surface area (Å²) in [5.74, 6) is -1.42. The van der Waals surface area contributed by atoms with Crippen LogP contribution in [0.5, 0.6) is 0 Å². The standard InChI is InChI=1S/C22H28N4O3/c1-4-12-23-21(28)17-9-8-13-25(14-17)22(29)20(27)19-15(2)24-26(16(19)3)18-10-6-5-7-11-18/h5-7,10-11,17H,4,8-9,12-14H2,1-3H3,(H,23,28). The molecule has 29 heavy (non-hydrogen) atoms. The first kappa shape index (κ1) is 20.8. The van der Waals surface area contributed by atoms with Gasteiger partial charge in [-0.05, 0) is 45.2 Å². The number of carbonyl (C=O) groups excluding carboxylic acids is 3. The zero-order valence-corrected chi connectivity index (χ0v) is 17.3. The maximum atomic E-state index is 13.0. The number of amides is 2. The average molecular weight is 396 g/mol. The lowest BCUT2D eigenvalue weighted by atomic mass is 9.96. The van der Waals surface area contributed by atoms with Gasteiger partial charge in [-0.3, -0.25) is 14.4 Å². The van der Waals surface area contributed by atoms with Gasteiger partial charge in [-0.25, -0.2) is 4.68 Å². The molecule has 0 saturated carbocycles.